The highest BCUT2D eigenvalue weighted by Gasteiger charge is 2.39. The second kappa shape index (κ2) is 12.1. The van der Waals surface area contributed by atoms with Crippen LogP contribution in [0.4, 0.5) is 35.5 Å². The summed E-state index contributed by atoms with van der Waals surface area (Å²) >= 11 is 0. The Balaban J connectivity index is 1.56. The molecule has 0 spiro atoms. The number of piperidine rings is 1. The van der Waals surface area contributed by atoms with E-state index in [2.05, 4.69) is 10.2 Å². The first-order valence-corrected chi connectivity index (χ1v) is 13.4. The Hall–Kier alpha value is -2.90. The number of halogens is 7. The fourth-order valence-corrected chi connectivity index (χ4v) is 5.48. The molecule has 6 nitrogen and oxygen atoms in total. The van der Waals surface area contributed by atoms with Crippen LogP contribution in [0.3, 0.4) is 0 Å². The van der Waals surface area contributed by atoms with Gasteiger partial charge < -0.3 is 15.1 Å². The van der Waals surface area contributed by atoms with Crippen LogP contribution in [-0.4, -0.2) is 66.8 Å². The van der Waals surface area contributed by atoms with Crippen molar-refractivity contribution >= 4 is 6.09 Å². The van der Waals surface area contributed by atoms with E-state index in [1.54, 1.807) is 13.0 Å². The van der Waals surface area contributed by atoms with Gasteiger partial charge in [-0.2, -0.15) is 26.3 Å². The van der Waals surface area contributed by atoms with Crippen LogP contribution in [0.2, 0.25) is 0 Å². The lowest BCUT2D eigenvalue weighted by molar-refractivity contribution is -0.167. The first kappa shape index (κ1) is 31.0. The van der Waals surface area contributed by atoms with E-state index in [0.717, 1.165) is 36.6 Å². The number of hydrogen-bond donors (Lipinski definition) is 1. The van der Waals surface area contributed by atoms with Gasteiger partial charge >= 0.3 is 18.4 Å². The predicted molar refractivity (Wildman–Crippen MR) is 137 cm³/mol. The van der Waals surface area contributed by atoms with Crippen molar-refractivity contribution < 1.29 is 40.4 Å². The zero-order chi connectivity index (χ0) is 30.1. The molecule has 2 aromatic carbocycles. The van der Waals surface area contributed by atoms with Crippen LogP contribution in [0.5, 0.6) is 0 Å². The van der Waals surface area contributed by atoms with Crippen molar-refractivity contribution in [1.29, 1.82) is 0 Å². The lowest BCUT2D eigenvalue weighted by atomic mass is 9.90. The van der Waals surface area contributed by atoms with Gasteiger partial charge in [-0.15, -0.1) is 5.06 Å². The topological polar surface area (TPSA) is 48.1 Å². The smallest absolute Gasteiger partial charge is 0.350 e. The minimum absolute atomic E-state index is 0.0483. The fraction of sp³-hybridized carbons (Fsp3) is 0.536. The molecule has 3 atom stereocenters. The van der Waals surface area contributed by atoms with E-state index in [1.807, 2.05) is 0 Å². The molecule has 13 heteroatoms. The van der Waals surface area contributed by atoms with Crippen LogP contribution in [0.15, 0.2) is 36.4 Å². The SMILES string of the molecule is Cc1cc(F)ccc1[C@H]1C[C@@H](N2CCNCC2)CCN1OC(=O)N(C)[C@H](C)c1cc(C(F)(F)F)cc(C(F)(F)F)c1. The highest BCUT2D eigenvalue weighted by Crippen LogP contribution is 2.39. The van der Waals surface area contributed by atoms with Crippen LogP contribution in [0, 0.1) is 12.7 Å². The Labute approximate surface area is 234 Å². The van der Waals surface area contributed by atoms with Crippen LogP contribution in [0.25, 0.3) is 0 Å². The number of benzene rings is 2. The van der Waals surface area contributed by atoms with Gasteiger partial charge in [0.2, 0.25) is 0 Å². The van der Waals surface area contributed by atoms with E-state index in [-0.39, 0.29) is 17.7 Å². The number of piperazine rings is 1. The van der Waals surface area contributed by atoms with Crippen molar-refractivity contribution in [3.8, 4) is 0 Å². The standard InChI is InChI=1S/C28H33F7N4O2/c1-17-12-22(29)4-5-24(17)25-16-23(38-10-7-36-8-11-38)6-9-39(25)41-26(40)37(3)18(2)19-13-20(27(30,31)32)15-21(14-19)28(33,34)35/h4-5,12-15,18,23,25,36H,6-11,16H2,1-3H3/t18-,23+,25-/m1/s1. The summed E-state index contributed by atoms with van der Waals surface area (Å²) < 4.78 is 94.2. The molecule has 1 amide bonds. The number of carbonyl (C=O) groups is 1. The molecule has 0 aromatic heterocycles. The number of nitrogens with one attached hydrogen (secondary N) is 1. The first-order valence-electron chi connectivity index (χ1n) is 13.4. The van der Waals surface area contributed by atoms with Crippen LogP contribution < -0.4 is 5.32 Å². The number of amides is 1. The van der Waals surface area contributed by atoms with E-state index in [1.165, 1.54) is 31.2 Å². The van der Waals surface area contributed by atoms with Crippen LogP contribution in [0.1, 0.15) is 59.7 Å². The molecule has 2 heterocycles. The van der Waals surface area contributed by atoms with Crippen molar-refractivity contribution in [2.24, 2.45) is 0 Å². The summed E-state index contributed by atoms with van der Waals surface area (Å²) in [4.78, 5) is 22.3. The van der Waals surface area contributed by atoms with E-state index in [4.69, 9.17) is 4.84 Å². The maximum Gasteiger partial charge on any atom is 0.429 e. The quantitative estimate of drug-likeness (QED) is 0.413. The largest absolute Gasteiger partial charge is 0.429 e. The zero-order valence-electron chi connectivity index (χ0n) is 22.9. The molecule has 2 aromatic rings. The molecular weight excluding hydrogens is 557 g/mol. The predicted octanol–water partition coefficient (Wildman–Crippen LogP) is 6.33. The molecule has 41 heavy (non-hydrogen) atoms. The van der Waals surface area contributed by atoms with Crippen LogP contribution >= 0.6 is 0 Å². The monoisotopic (exact) mass is 590 g/mol. The van der Waals surface area contributed by atoms with Crippen molar-refractivity contribution in [3.63, 3.8) is 0 Å². The van der Waals surface area contributed by atoms with E-state index in [9.17, 15) is 35.5 Å². The second-order valence-corrected chi connectivity index (χ2v) is 10.6. The summed E-state index contributed by atoms with van der Waals surface area (Å²) in [7, 11) is 1.26. The van der Waals surface area contributed by atoms with Gasteiger partial charge in [0.1, 0.15) is 5.82 Å². The lowest BCUT2D eigenvalue weighted by Crippen LogP contribution is -2.53. The second-order valence-electron chi connectivity index (χ2n) is 10.6. The molecule has 4 rings (SSSR count). The molecule has 2 aliphatic heterocycles. The van der Waals surface area contributed by atoms with Crippen molar-refractivity contribution in [2.45, 2.75) is 57.2 Å². The Bertz CT molecular complexity index is 1200. The number of hydroxylamine groups is 2. The minimum atomic E-state index is -5.01. The van der Waals surface area contributed by atoms with E-state index >= 15 is 0 Å². The summed E-state index contributed by atoms with van der Waals surface area (Å²) in [5.74, 6) is -0.405. The van der Waals surface area contributed by atoms with Gasteiger partial charge in [0.05, 0.1) is 23.2 Å². The van der Waals surface area contributed by atoms with E-state index in [0.29, 0.717) is 37.1 Å². The molecular formula is C28H33F7N4O2. The molecule has 2 aliphatic rings. The Morgan fingerprint density at radius 2 is 1.61 bits per heavy atom. The summed E-state index contributed by atoms with van der Waals surface area (Å²) in [6.07, 6.45) is -9.70. The molecule has 0 unspecified atom stereocenters. The van der Waals surface area contributed by atoms with E-state index < -0.39 is 47.5 Å². The summed E-state index contributed by atoms with van der Waals surface area (Å²) in [5.41, 5.74) is -1.82. The third-order valence-corrected chi connectivity index (χ3v) is 7.94. The third kappa shape index (κ3) is 7.31. The lowest BCUT2D eigenvalue weighted by Gasteiger charge is -2.44. The number of hydrogen-bond acceptors (Lipinski definition) is 5. The zero-order valence-corrected chi connectivity index (χ0v) is 22.9. The fourth-order valence-electron chi connectivity index (χ4n) is 5.48. The molecule has 226 valence electrons. The van der Waals surface area contributed by atoms with Crippen molar-refractivity contribution in [2.75, 3.05) is 39.8 Å². The molecule has 2 fully saturated rings. The Morgan fingerprint density at radius 3 is 2.17 bits per heavy atom. The maximum absolute atomic E-state index is 13.9. The number of alkyl halides is 6. The highest BCUT2D eigenvalue weighted by molar-refractivity contribution is 5.67. The van der Waals surface area contributed by atoms with Gasteiger partial charge in [-0.3, -0.25) is 4.90 Å². The average Bonchev–Trinajstić information content (AvgIpc) is 2.92. The number of nitrogens with zero attached hydrogens (tertiary/aromatic N) is 3. The molecule has 0 aliphatic carbocycles. The average molecular weight is 591 g/mol. The van der Waals surface area contributed by atoms with Gasteiger partial charge in [0, 0.05) is 45.8 Å². The van der Waals surface area contributed by atoms with Gasteiger partial charge in [-0.25, -0.2) is 9.18 Å². The number of aryl methyl sites for hydroxylation is 1. The van der Waals surface area contributed by atoms with Crippen molar-refractivity contribution in [3.05, 3.63) is 70.0 Å². The molecule has 1 N–H and O–H groups in total. The summed E-state index contributed by atoms with van der Waals surface area (Å²) in [6, 6.07) is 4.21. The van der Waals surface area contributed by atoms with Gasteiger partial charge in [-0.05, 0) is 73.7 Å². The molecule has 0 radical (unpaired) electrons. The Kier molecular flexibility index (Phi) is 9.19. The third-order valence-electron chi connectivity index (χ3n) is 7.94. The Morgan fingerprint density at radius 1 is 1.00 bits per heavy atom. The summed E-state index contributed by atoms with van der Waals surface area (Å²) in [6.45, 7) is 6.84. The normalized spacial score (nSPS) is 21.9. The first-order chi connectivity index (χ1) is 19.1. The maximum atomic E-state index is 13.9. The van der Waals surface area contributed by atoms with Crippen LogP contribution in [-0.2, 0) is 17.2 Å². The van der Waals surface area contributed by atoms with Crippen molar-refractivity contribution in [1.82, 2.24) is 20.2 Å². The molecule has 0 saturated carbocycles. The number of carbonyl (C=O) groups excluding carboxylic acids is 1. The number of rotatable bonds is 5. The highest BCUT2D eigenvalue weighted by atomic mass is 19.4. The van der Waals surface area contributed by atoms with Gasteiger partial charge in [-0.1, -0.05) is 6.07 Å². The van der Waals surface area contributed by atoms with Gasteiger partial charge in [0.25, 0.3) is 0 Å². The van der Waals surface area contributed by atoms with Gasteiger partial charge in [0.15, 0.2) is 0 Å². The molecule has 2 saturated heterocycles. The molecule has 0 bridgehead atoms. The minimum Gasteiger partial charge on any atom is -0.350 e. The summed E-state index contributed by atoms with van der Waals surface area (Å²) in [5, 5.41) is 4.80.